The molecule has 2 atom stereocenters. The van der Waals surface area contributed by atoms with Crippen LogP contribution in [0.2, 0.25) is 5.02 Å². The number of ether oxygens (including phenoxy) is 1. The van der Waals surface area contributed by atoms with Crippen molar-refractivity contribution in [1.82, 2.24) is 9.88 Å². The second kappa shape index (κ2) is 10.6. The van der Waals surface area contributed by atoms with Crippen LogP contribution in [0.4, 0.5) is 14.6 Å². The van der Waals surface area contributed by atoms with E-state index in [-0.39, 0.29) is 41.0 Å². The number of nitrogens with one attached hydrogen (secondary N) is 1. The Labute approximate surface area is 212 Å². The Bertz CT molecular complexity index is 1310. The molecule has 0 radical (unpaired) electrons. The monoisotopic (exact) mass is 539 g/mol. The Morgan fingerprint density at radius 1 is 1.23 bits per heavy atom. The summed E-state index contributed by atoms with van der Waals surface area (Å²) in [6.07, 6.45) is 3.87. The van der Waals surface area contributed by atoms with Crippen molar-refractivity contribution in [2.45, 2.75) is 23.8 Å². The molecule has 186 valence electrons. The van der Waals surface area contributed by atoms with Crippen LogP contribution in [0.1, 0.15) is 18.4 Å². The molecule has 0 fully saturated rings. The first-order valence-electron chi connectivity index (χ1n) is 10.8. The summed E-state index contributed by atoms with van der Waals surface area (Å²) in [5, 5.41) is 1.46. The topological polar surface area (TPSA) is 71.5 Å². The molecule has 0 bridgehead atoms. The maximum absolute atomic E-state index is 14.9. The molecule has 0 spiro atoms. The van der Waals surface area contributed by atoms with Gasteiger partial charge in [0.15, 0.2) is 5.82 Å². The quantitative estimate of drug-likeness (QED) is 0.399. The standard InChI is InChI=1S/C24H24ClF2N3O3S2/c1-30(2)21-5-3-4-17(15-6-8-16(26)9-7-15)18(21)12-33-22-11-20(27)23(10-19(22)25)35(31,32)29-24-13-34-14-28-24/h4,6-11,13-14,18,21,29H,3,5,12H2,1-2H3/t18-,21-/m1/s1. The Morgan fingerprint density at radius 2 is 1.97 bits per heavy atom. The van der Waals surface area contributed by atoms with E-state index in [0.717, 1.165) is 36.1 Å². The van der Waals surface area contributed by atoms with Crippen molar-refractivity contribution in [2.75, 3.05) is 25.4 Å². The molecule has 2 aromatic carbocycles. The van der Waals surface area contributed by atoms with Gasteiger partial charge in [-0.1, -0.05) is 29.8 Å². The van der Waals surface area contributed by atoms with Crippen LogP contribution < -0.4 is 9.46 Å². The first kappa shape index (κ1) is 25.6. The predicted octanol–water partition coefficient (Wildman–Crippen LogP) is 5.68. The molecule has 0 saturated carbocycles. The fraction of sp³-hybridized carbons (Fsp3) is 0.292. The number of allylic oxidation sites excluding steroid dienone is 1. The minimum absolute atomic E-state index is 0.0328. The Balaban J connectivity index is 1.58. The van der Waals surface area contributed by atoms with Crippen LogP contribution >= 0.6 is 22.9 Å². The van der Waals surface area contributed by atoms with Crippen molar-refractivity contribution < 1.29 is 21.9 Å². The van der Waals surface area contributed by atoms with Gasteiger partial charge in [0.05, 0.1) is 17.1 Å². The first-order chi connectivity index (χ1) is 16.7. The van der Waals surface area contributed by atoms with Gasteiger partial charge in [0.1, 0.15) is 22.3 Å². The van der Waals surface area contributed by atoms with Gasteiger partial charge < -0.3 is 9.64 Å². The average molecular weight is 540 g/mol. The lowest BCUT2D eigenvalue weighted by Gasteiger charge is -2.37. The van der Waals surface area contributed by atoms with Gasteiger partial charge in [-0.15, -0.1) is 11.3 Å². The highest BCUT2D eigenvalue weighted by atomic mass is 35.5. The molecule has 4 rings (SSSR count). The number of rotatable bonds is 8. The lowest BCUT2D eigenvalue weighted by atomic mass is 9.80. The van der Waals surface area contributed by atoms with Gasteiger partial charge in [-0.25, -0.2) is 22.2 Å². The van der Waals surface area contributed by atoms with E-state index in [0.29, 0.717) is 0 Å². The highest BCUT2D eigenvalue weighted by Gasteiger charge is 2.31. The van der Waals surface area contributed by atoms with E-state index >= 15 is 0 Å². The SMILES string of the molecule is CN(C)[C@@H]1CCC=C(c2ccc(F)cc2)[C@H]1COc1cc(F)c(S(=O)(=O)Nc2cscn2)cc1Cl. The molecule has 0 aliphatic heterocycles. The predicted molar refractivity (Wildman–Crippen MR) is 134 cm³/mol. The van der Waals surface area contributed by atoms with Gasteiger partial charge >= 0.3 is 0 Å². The van der Waals surface area contributed by atoms with E-state index in [1.165, 1.54) is 34.4 Å². The fourth-order valence-electron chi connectivity index (χ4n) is 4.22. The van der Waals surface area contributed by atoms with E-state index in [2.05, 4.69) is 20.7 Å². The summed E-state index contributed by atoms with van der Waals surface area (Å²) in [7, 11) is -0.266. The minimum Gasteiger partial charge on any atom is -0.491 e. The molecule has 0 unspecified atom stereocenters. The summed E-state index contributed by atoms with van der Waals surface area (Å²) in [5.41, 5.74) is 3.36. The Hall–Kier alpha value is -2.53. The minimum atomic E-state index is -4.22. The van der Waals surface area contributed by atoms with Crippen LogP contribution in [-0.4, -0.2) is 45.0 Å². The molecule has 1 N–H and O–H groups in total. The second-order valence-corrected chi connectivity index (χ2v) is 11.2. The van der Waals surface area contributed by atoms with Crippen molar-refractivity contribution in [3.05, 3.63) is 75.6 Å². The van der Waals surface area contributed by atoms with Crippen molar-refractivity contribution in [3.8, 4) is 5.75 Å². The summed E-state index contributed by atoms with van der Waals surface area (Å²) in [6, 6.07) is 8.43. The molecule has 0 saturated heterocycles. The zero-order valence-corrected chi connectivity index (χ0v) is 21.4. The second-order valence-electron chi connectivity index (χ2n) is 8.38. The summed E-state index contributed by atoms with van der Waals surface area (Å²) in [4.78, 5) is 5.36. The smallest absolute Gasteiger partial charge is 0.266 e. The lowest BCUT2D eigenvalue weighted by molar-refractivity contribution is 0.168. The molecule has 11 heteroatoms. The molecule has 35 heavy (non-hydrogen) atoms. The number of hydrogen-bond donors (Lipinski definition) is 1. The van der Waals surface area contributed by atoms with E-state index in [4.69, 9.17) is 16.3 Å². The van der Waals surface area contributed by atoms with Crippen LogP contribution in [-0.2, 0) is 10.0 Å². The van der Waals surface area contributed by atoms with Gasteiger partial charge in [0, 0.05) is 23.4 Å². The van der Waals surface area contributed by atoms with Crippen LogP contribution in [0, 0.1) is 17.6 Å². The van der Waals surface area contributed by atoms with Crippen molar-refractivity contribution >= 4 is 44.4 Å². The highest BCUT2D eigenvalue weighted by Crippen LogP contribution is 2.37. The number of benzene rings is 2. The number of aromatic nitrogens is 1. The third kappa shape index (κ3) is 5.83. The molecule has 1 aliphatic rings. The summed E-state index contributed by atoms with van der Waals surface area (Å²) in [6.45, 7) is 0.175. The molecule has 3 aromatic rings. The van der Waals surface area contributed by atoms with Gasteiger partial charge in [-0.3, -0.25) is 4.72 Å². The normalized spacial score (nSPS) is 18.4. The first-order valence-corrected chi connectivity index (χ1v) is 13.6. The average Bonchev–Trinajstić information content (AvgIpc) is 3.32. The molecule has 6 nitrogen and oxygen atoms in total. The molecular formula is C24H24ClF2N3O3S2. The largest absolute Gasteiger partial charge is 0.491 e. The number of sulfonamides is 1. The zero-order chi connectivity index (χ0) is 25.2. The maximum atomic E-state index is 14.9. The van der Waals surface area contributed by atoms with E-state index in [1.54, 1.807) is 12.1 Å². The molecule has 0 amide bonds. The number of halogens is 3. The molecule has 1 aliphatic carbocycles. The number of nitrogens with zero attached hydrogens (tertiary/aromatic N) is 2. The molecule has 1 heterocycles. The van der Waals surface area contributed by atoms with Crippen LogP contribution in [0.25, 0.3) is 5.57 Å². The van der Waals surface area contributed by atoms with Crippen LogP contribution in [0.3, 0.4) is 0 Å². The maximum Gasteiger partial charge on any atom is 0.266 e. The fourth-order valence-corrected chi connectivity index (χ4v) is 6.15. The van der Waals surface area contributed by atoms with Crippen molar-refractivity contribution in [3.63, 3.8) is 0 Å². The van der Waals surface area contributed by atoms with Gasteiger partial charge in [0.25, 0.3) is 10.0 Å². The van der Waals surface area contributed by atoms with Crippen molar-refractivity contribution in [1.29, 1.82) is 0 Å². The number of hydrogen-bond acceptors (Lipinski definition) is 6. The summed E-state index contributed by atoms with van der Waals surface area (Å²) < 4.78 is 61.7. The van der Waals surface area contributed by atoms with Gasteiger partial charge in [0.2, 0.25) is 0 Å². The Kier molecular flexibility index (Phi) is 7.75. The highest BCUT2D eigenvalue weighted by molar-refractivity contribution is 7.92. The van der Waals surface area contributed by atoms with Crippen LogP contribution in [0.5, 0.6) is 5.75 Å². The van der Waals surface area contributed by atoms with Crippen molar-refractivity contribution in [2.24, 2.45) is 5.92 Å². The summed E-state index contributed by atoms with van der Waals surface area (Å²) in [5.74, 6) is -1.27. The summed E-state index contributed by atoms with van der Waals surface area (Å²) >= 11 is 7.51. The Morgan fingerprint density at radius 3 is 2.63 bits per heavy atom. The third-order valence-corrected chi connectivity index (χ3v) is 8.15. The molecule has 1 aromatic heterocycles. The van der Waals surface area contributed by atoms with Gasteiger partial charge in [-0.2, -0.15) is 0 Å². The van der Waals surface area contributed by atoms with E-state index in [9.17, 15) is 17.2 Å². The zero-order valence-electron chi connectivity index (χ0n) is 19.0. The van der Waals surface area contributed by atoms with Gasteiger partial charge in [-0.05, 0) is 56.3 Å². The molecular weight excluding hydrogens is 516 g/mol. The number of anilines is 1. The number of thiazole rings is 1. The van der Waals surface area contributed by atoms with Crippen LogP contribution in [0.15, 0.2) is 58.3 Å². The van der Waals surface area contributed by atoms with E-state index < -0.39 is 20.7 Å². The lowest BCUT2D eigenvalue weighted by Crippen LogP contribution is -2.40. The van der Waals surface area contributed by atoms with E-state index in [1.807, 2.05) is 14.1 Å². The third-order valence-electron chi connectivity index (χ3n) is 5.90.